The highest BCUT2D eigenvalue weighted by Gasteiger charge is 2.56. The van der Waals surface area contributed by atoms with Crippen LogP contribution in [0.25, 0.3) is 0 Å². The fourth-order valence-electron chi connectivity index (χ4n) is 6.94. The van der Waals surface area contributed by atoms with Crippen molar-refractivity contribution in [2.75, 3.05) is 27.2 Å². The molecule has 0 heterocycles. The van der Waals surface area contributed by atoms with Gasteiger partial charge in [0.2, 0.25) is 0 Å². The molecule has 1 amide bonds. The summed E-state index contributed by atoms with van der Waals surface area (Å²) in [6.45, 7) is 1.73. The number of hydrogen-bond donors (Lipinski definition) is 2. The molecule has 0 aromatic heterocycles. The van der Waals surface area contributed by atoms with E-state index in [0.717, 1.165) is 36.0 Å². The van der Waals surface area contributed by atoms with Gasteiger partial charge in [0.05, 0.1) is 33.3 Å². The van der Waals surface area contributed by atoms with E-state index in [2.05, 4.69) is 19.4 Å². The normalized spacial score (nSPS) is 23.1. The summed E-state index contributed by atoms with van der Waals surface area (Å²) >= 11 is 0. The molecule has 2 aliphatic rings. The summed E-state index contributed by atoms with van der Waals surface area (Å²) < 4.78 is 6.87. The van der Waals surface area contributed by atoms with Crippen molar-refractivity contribution in [2.45, 2.75) is 43.4 Å². The van der Waals surface area contributed by atoms with Crippen LogP contribution >= 0.6 is 0 Å². The topological polar surface area (TPSA) is 58.6 Å². The predicted octanol–water partition coefficient (Wildman–Crippen LogP) is 4.75. The first kappa shape index (κ1) is 25.5. The first-order valence-corrected chi connectivity index (χ1v) is 13.5. The van der Waals surface area contributed by atoms with Crippen LogP contribution in [0.2, 0.25) is 0 Å². The largest absolute Gasteiger partial charge is 0.493 e. The molecule has 0 spiro atoms. The average Bonchev–Trinajstić information content (AvgIpc) is 3.51. The van der Waals surface area contributed by atoms with Gasteiger partial charge in [-0.15, -0.1) is 0 Å². The maximum atomic E-state index is 13.8. The number of nitrogens with zero attached hydrogens (tertiary/aromatic N) is 1. The maximum absolute atomic E-state index is 13.8. The van der Waals surface area contributed by atoms with Crippen molar-refractivity contribution in [1.29, 1.82) is 0 Å². The Morgan fingerprint density at radius 3 is 2.08 bits per heavy atom. The molecular formula is C32H39N2O3+. The highest BCUT2D eigenvalue weighted by atomic mass is 16.5. The number of hydrogen-bond acceptors (Lipinski definition) is 3. The van der Waals surface area contributed by atoms with Gasteiger partial charge in [0, 0.05) is 24.3 Å². The van der Waals surface area contributed by atoms with E-state index in [9.17, 15) is 9.90 Å². The van der Waals surface area contributed by atoms with Crippen molar-refractivity contribution in [3.05, 3.63) is 102 Å². The van der Waals surface area contributed by atoms with Crippen molar-refractivity contribution in [1.82, 2.24) is 5.32 Å². The third kappa shape index (κ3) is 5.16. The molecule has 3 aromatic rings. The lowest BCUT2D eigenvalue weighted by Crippen LogP contribution is -2.55. The molecule has 0 radical (unpaired) electrons. The van der Waals surface area contributed by atoms with E-state index in [4.69, 9.17) is 4.74 Å². The summed E-state index contributed by atoms with van der Waals surface area (Å²) in [4.78, 5) is 13.8. The summed E-state index contributed by atoms with van der Waals surface area (Å²) in [6, 6.07) is 29.1. The fourth-order valence-corrected chi connectivity index (χ4v) is 6.94. The monoisotopic (exact) mass is 499 g/mol. The number of amides is 1. The first-order chi connectivity index (χ1) is 17.9. The lowest BCUT2D eigenvalue weighted by Gasteiger charge is -2.39. The minimum atomic E-state index is -1.72. The van der Waals surface area contributed by atoms with E-state index in [0.29, 0.717) is 35.6 Å². The van der Waals surface area contributed by atoms with E-state index in [1.54, 1.807) is 0 Å². The standard InChI is InChI=1S/C32H38N2O3/c1-34(2,21-12-22-37-27-17-10-5-11-18-27)30-24-19-20-28(30)29(23-24)33-31(35)32(36,25-13-6-3-7-14-25)26-15-8-4-9-16-26/h3-11,13-18,24,28-30,36H,12,19-23H2,1-2H3/p+1/t24?,28-,29-,30?/m1/s1. The van der Waals surface area contributed by atoms with Crippen molar-refractivity contribution in [3.63, 3.8) is 0 Å². The summed E-state index contributed by atoms with van der Waals surface area (Å²) in [5, 5.41) is 15.2. The summed E-state index contributed by atoms with van der Waals surface area (Å²) in [6.07, 6.45) is 4.29. The van der Waals surface area contributed by atoms with Gasteiger partial charge >= 0.3 is 0 Å². The van der Waals surface area contributed by atoms with Gasteiger partial charge in [-0.2, -0.15) is 0 Å². The summed E-state index contributed by atoms with van der Waals surface area (Å²) in [7, 11) is 4.65. The van der Waals surface area contributed by atoms with Crippen LogP contribution in [0.15, 0.2) is 91.0 Å². The number of fused-ring (bicyclic) bond motifs is 2. The molecule has 5 nitrogen and oxygen atoms in total. The smallest absolute Gasteiger partial charge is 0.261 e. The Balaban J connectivity index is 1.26. The molecule has 2 aliphatic carbocycles. The van der Waals surface area contributed by atoms with Crippen molar-refractivity contribution in [2.24, 2.45) is 11.8 Å². The summed E-state index contributed by atoms with van der Waals surface area (Å²) in [5.41, 5.74) is -0.542. The van der Waals surface area contributed by atoms with Gasteiger partial charge in [0.25, 0.3) is 5.91 Å². The van der Waals surface area contributed by atoms with Gasteiger partial charge in [-0.25, -0.2) is 0 Å². The minimum absolute atomic E-state index is 0.0770. The number of benzene rings is 3. The Kier molecular flexibility index (Phi) is 7.36. The van der Waals surface area contributed by atoms with Gasteiger partial charge < -0.3 is 19.6 Å². The predicted molar refractivity (Wildman–Crippen MR) is 146 cm³/mol. The third-order valence-electron chi connectivity index (χ3n) is 8.59. The number of carbonyl (C=O) groups is 1. The number of ether oxygens (including phenoxy) is 1. The number of aliphatic hydroxyl groups is 1. The molecule has 2 fully saturated rings. The maximum Gasteiger partial charge on any atom is 0.261 e. The minimum Gasteiger partial charge on any atom is -0.493 e. The Bertz CT molecular complexity index is 1130. The lowest BCUT2D eigenvalue weighted by molar-refractivity contribution is -0.919. The van der Waals surface area contributed by atoms with E-state index < -0.39 is 5.60 Å². The molecule has 0 aliphatic heterocycles. The second-order valence-electron chi connectivity index (χ2n) is 11.3. The lowest BCUT2D eigenvalue weighted by atomic mass is 9.84. The SMILES string of the molecule is C[N+](C)(CCCOc1ccccc1)C1C2CC[C@@H]1[C@H](NC(=O)C(O)(c1ccccc1)c1ccccc1)C2. The van der Waals surface area contributed by atoms with Crippen molar-refractivity contribution >= 4 is 5.91 Å². The zero-order valence-electron chi connectivity index (χ0n) is 21.9. The molecule has 2 N–H and O–H groups in total. The molecular weight excluding hydrogens is 460 g/mol. The van der Waals surface area contributed by atoms with Crippen LogP contribution in [0.1, 0.15) is 36.8 Å². The molecule has 5 rings (SSSR count). The molecule has 2 saturated carbocycles. The molecule has 4 atom stereocenters. The molecule has 5 heteroatoms. The van der Waals surface area contributed by atoms with Gasteiger partial charge in [-0.3, -0.25) is 4.79 Å². The molecule has 37 heavy (non-hydrogen) atoms. The van der Waals surface area contributed by atoms with Gasteiger partial charge in [0.15, 0.2) is 5.60 Å². The highest BCUT2D eigenvalue weighted by Crippen LogP contribution is 2.49. The van der Waals surface area contributed by atoms with Crippen LogP contribution in [0.3, 0.4) is 0 Å². The number of nitrogens with one attached hydrogen (secondary N) is 1. The molecule has 194 valence electrons. The average molecular weight is 500 g/mol. The van der Waals surface area contributed by atoms with Crippen LogP contribution in [-0.4, -0.2) is 54.8 Å². The first-order valence-electron chi connectivity index (χ1n) is 13.5. The molecule has 2 unspecified atom stereocenters. The number of para-hydroxylation sites is 1. The zero-order valence-corrected chi connectivity index (χ0v) is 21.9. The van der Waals surface area contributed by atoms with E-state index in [-0.39, 0.29) is 11.9 Å². The van der Waals surface area contributed by atoms with Crippen LogP contribution < -0.4 is 10.1 Å². The van der Waals surface area contributed by atoms with E-state index in [1.807, 2.05) is 91.0 Å². The van der Waals surface area contributed by atoms with E-state index in [1.165, 1.54) is 6.42 Å². The van der Waals surface area contributed by atoms with Crippen LogP contribution in [-0.2, 0) is 10.4 Å². The summed E-state index contributed by atoms with van der Waals surface area (Å²) in [5.74, 6) is 1.58. The highest BCUT2D eigenvalue weighted by molar-refractivity contribution is 5.90. The fraction of sp³-hybridized carbons (Fsp3) is 0.406. The van der Waals surface area contributed by atoms with E-state index >= 15 is 0 Å². The van der Waals surface area contributed by atoms with Crippen molar-refractivity contribution in [3.8, 4) is 5.75 Å². The Morgan fingerprint density at radius 1 is 0.919 bits per heavy atom. The Labute approximate surface area is 220 Å². The third-order valence-corrected chi connectivity index (χ3v) is 8.59. The quantitative estimate of drug-likeness (QED) is 0.313. The van der Waals surface area contributed by atoms with Gasteiger partial charge in [-0.1, -0.05) is 78.9 Å². The molecule has 0 saturated heterocycles. The number of carbonyl (C=O) groups excluding carboxylic acids is 1. The van der Waals surface area contributed by atoms with Crippen LogP contribution in [0.5, 0.6) is 5.75 Å². The number of quaternary nitrogens is 1. The molecule has 2 bridgehead atoms. The van der Waals surface area contributed by atoms with Gasteiger partial charge in [0.1, 0.15) is 5.75 Å². The second-order valence-corrected chi connectivity index (χ2v) is 11.3. The Morgan fingerprint density at radius 2 is 1.49 bits per heavy atom. The zero-order chi connectivity index (χ0) is 25.9. The van der Waals surface area contributed by atoms with Crippen molar-refractivity contribution < 1.29 is 19.1 Å². The Hall–Kier alpha value is -3.15. The molecule has 3 aromatic carbocycles. The second kappa shape index (κ2) is 10.7. The van der Waals surface area contributed by atoms with Gasteiger partial charge in [-0.05, 0) is 42.5 Å². The number of rotatable bonds is 10. The van der Waals surface area contributed by atoms with Crippen LogP contribution in [0, 0.1) is 11.8 Å². The van der Waals surface area contributed by atoms with Crippen LogP contribution in [0.4, 0.5) is 0 Å².